The van der Waals surface area contributed by atoms with E-state index in [1.807, 2.05) is 0 Å². The molecule has 0 unspecified atom stereocenters. The van der Waals surface area contributed by atoms with Crippen molar-refractivity contribution in [3.8, 4) is 0 Å². The molecule has 0 aliphatic carbocycles. The molecule has 6 heteroatoms. The number of hydrogen-bond acceptors (Lipinski definition) is 4. The summed E-state index contributed by atoms with van der Waals surface area (Å²) in [6, 6.07) is -0.576. The molecule has 0 radical (unpaired) electrons. The van der Waals surface area contributed by atoms with Gasteiger partial charge < -0.3 is 22.9 Å². The van der Waals surface area contributed by atoms with Crippen LogP contribution in [0.3, 0.4) is 0 Å². The van der Waals surface area contributed by atoms with Crippen LogP contribution in [-0.2, 0) is 9.53 Å². The molecule has 0 aromatic heterocycles. The Labute approximate surface area is 101 Å². The molecule has 2 N–H and O–H groups in total. The average Bonchev–Trinajstić information content (AvgIpc) is 1.87. The summed E-state index contributed by atoms with van der Waals surface area (Å²) < 4.78 is 4.58. The van der Waals surface area contributed by atoms with Gasteiger partial charge >= 0.3 is 35.5 Å². The maximum Gasteiger partial charge on any atom is 1.00 e. The van der Waals surface area contributed by atoms with Crippen molar-refractivity contribution in [2.24, 2.45) is 5.73 Å². The molecule has 0 aliphatic rings. The van der Waals surface area contributed by atoms with Gasteiger partial charge in [-0.05, 0) is 6.92 Å². The topological polar surface area (TPSA) is 52.3 Å². The standard InChI is InChI=1S/C5H11NO2S.ClH.Na/c1-2-8-5(7)4(6)3-9;;/h4,9H,2-3,6H2,1H3;1H;/q;;+1/p-1/t4-;;/m0../s1. The number of halogens is 1. The van der Waals surface area contributed by atoms with Crippen molar-refractivity contribution in [2.45, 2.75) is 13.0 Å². The Morgan fingerprint density at radius 2 is 2.18 bits per heavy atom. The van der Waals surface area contributed by atoms with E-state index >= 15 is 0 Å². The van der Waals surface area contributed by atoms with Crippen molar-refractivity contribution in [3.05, 3.63) is 0 Å². The largest absolute Gasteiger partial charge is 1.00 e. The van der Waals surface area contributed by atoms with Gasteiger partial charge in [-0.25, -0.2) is 0 Å². The van der Waals surface area contributed by atoms with Gasteiger partial charge in [0.15, 0.2) is 0 Å². The van der Waals surface area contributed by atoms with E-state index in [0.717, 1.165) is 0 Å². The predicted octanol–water partition coefficient (Wildman–Crippen LogP) is -6.19. The molecule has 0 spiro atoms. The maximum absolute atomic E-state index is 10.6. The summed E-state index contributed by atoms with van der Waals surface area (Å²) in [5, 5.41) is 0. The minimum Gasteiger partial charge on any atom is -1.00 e. The Morgan fingerprint density at radius 3 is 2.45 bits per heavy atom. The molecule has 62 valence electrons. The molecular formula is C5H11ClNNaO2S. The van der Waals surface area contributed by atoms with Crippen molar-refractivity contribution < 1.29 is 51.5 Å². The molecular weight excluding hydrogens is 197 g/mol. The second kappa shape index (κ2) is 11.1. The maximum atomic E-state index is 10.6. The number of nitrogens with two attached hydrogens (primary N) is 1. The number of rotatable bonds is 3. The zero-order chi connectivity index (χ0) is 7.28. The van der Waals surface area contributed by atoms with Crippen LogP contribution < -0.4 is 47.7 Å². The van der Waals surface area contributed by atoms with Gasteiger partial charge in [-0.2, -0.15) is 12.6 Å². The van der Waals surface area contributed by atoms with Crippen LogP contribution in [0.15, 0.2) is 0 Å². The van der Waals surface area contributed by atoms with Crippen LogP contribution in [0.5, 0.6) is 0 Å². The molecule has 11 heavy (non-hydrogen) atoms. The SMILES string of the molecule is CCOC(=O)[C@@H](N)CS.[Cl-].[Na+]. The normalized spacial score (nSPS) is 10.5. The molecule has 0 rings (SSSR count). The van der Waals surface area contributed by atoms with Gasteiger partial charge in [0, 0.05) is 5.75 Å². The fraction of sp³-hybridized carbons (Fsp3) is 0.800. The zero-order valence-corrected chi connectivity index (χ0v) is 10.4. The minimum absolute atomic E-state index is 0. The van der Waals surface area contributed by atoms with E-state index in [2.05, 4.69) is 17.4 Å². The van der Waals surface area contributed by atoms with Gasteiger partial charge in [0.05, 0.1) is 6.61 Å². The number of carbonyl (C=O) groups is 1. The first-order valence-electron chi connectivity index (χ1n) is 2.75. The summed E-state index contributed by atoms with van der Waals surface area (Å²) in [6.07, 6.45) is 0. The van der Waals surface area contributed by atoms with Gasteiger partial charge in [-0.1, -0.05) is 0 Å². The first-order chi connectivity index (χ1) is 4.22. The second-order valence-electron chi connectivity index (χ2n) is 1.54. The Morgan fingerprint density at radius 1 is 1.73 bits per heavy atom. The van der Waals surface area contributed by atoms with Crippen LogP contribution in [0.25, 0.3) is 0 Å². The monoisotopic (exact) mass is 207 g/mol. The van der Waals surface area contributed by atoms with E-state index in [1.54, 1.807) is 6.92 Å². The number of ether oxygens (including phenoxy) is 1. The molecule has 0 amide bonds. The van der Waals surface area contributed by atoms with Gasteiger partial charge in [0.2, 0.25) is 0 Å². The summed E-state index contributed by atoms with van der Waals surface area (Å²) in [5.41, 5.74) is 5.25. The van der Waals surface area contributed by atoms with Crippen LogP contribution in [-0.4, -0.2) is 24.4 Å². The van der Waals surface area contributed by atoms with E-state index in [4.69, 9.17) is 5.73 Å². The summed E-state index contributed by atoms with van der Waals surface area (Å²) in [7, 11) is 0. The van der Waals surface area contributed by atoms with E-state index in [1.165, 1.54) is 0 Å². The van der Waals surface area contributed by atoms with Gasteiger partial charge in [0.1, 0.15) is 6.04 Å². The first kappa shape index (κ1) is 18.0. The number of hydrogen-bond donors (Lipinski definition) is 2. The van der Waals surface area contributed by atoms with E-state index < -0.39 is 6.04 Å². The molecule has 0 aromatic carbocycles. The Bertz CT molecular complexity index is 106. The van der Waals surface area contributed by atoms with E-state index in [9.17, 15) is 4.79 Å². The number of esters is 1. The number of thiol groups is 1. The first-order valence-corrected chi connectivity index (χ1v) is 3.38. The van der Waals surface area contributed by atoms with Crippen molar-refractivity contribution in [1.82, 2.24) is 0 Å². The summed E-state index contributed by atoms with van der Waals surface area (Å²) in [5.74, 6) is -0.0498. The molecule has 1 atom stereocenters. The van der Waals surface area contributed by atoms with E-state index in [-0.39, 0.29) is 47.9 Å². The number of carbonyl (C=O) groups excluding carboxylic acids is 1. The van der Waals surface area contributed by atoms with Gasteiger partial charge in [-0.3, -0.25) is 4.79 Å². The van der Waals surface area contributed by atoms with Crippen LogP contribution in [0.2, 0.25) is 0 Å². The summed E-state index contributed by atoms with van der Waals surface area (Å²) in [4.78, 5) is 10.6. The molecule has 0 bridgehead atoms. The fourth-order valence-electron chi connectivity index (χ4n) is 0.324. The quantitative estimate of drug-likeness (QED) is 0.275. The summed E-state index contributed by atoms with van der Waals surface area (Å²) >= 11 is 3.82. The summed E-state index contributed by atoms with van der Waals surface area (Å²) in [6.45, 7) is 2.11. The van der Waals surface area contributed by atoms with Crippen LogP contribution >= 0.6 is 12.6 Å². The molecule has 3 nitrogen and oxygen atoms in total. The zero-order valence-electron chi connectivity index (χ0n) is 6.71. The molecule has 0 aliphatic heterocycles. The van der Waals surface area contributed by atoms with Crippen molar-refractivity contribution in [3.63, 3.8) is 0 Å². The third kappa shape index (κ3) is 8.98. The van der Waals surface area contributed by atoms with Gasteiger partial charge in [0.25, 0.3) is 0 Å². The molecule has 0 heterocycles. The molecule has 0 saturated heterocycles. The molecule has 0 fully saturated rings. The van der Waals surface area contributed by atoms with E-state index in [0.29, 0.717) is 12.4 Å². The van der Waals surface area contributed by atoms with Crippen molar-refractivity contribution in [2.75, 3.05) is 12.4 Å². The van der Waals surface area contributed by atoms with Crippen molar-refractivity contribution in [1.29, 1.82) is 0 Å². The van der Waals surface area contributed by atoms with Crippen LogP contribution in [0.1, 0.15) is 6.92 Å². The molecule has 0 saturated carbocycles. The fourth-order valence-corrected chi connectivity index (χ4v) is 0.473. The molecule has 0 aromatic rings. The Hall–Kier alpha value is 1.07. The van der Waals surface area contributed by atoms with Crippen LogP contribution in [0, 0.1) is 0 Å². The third-order valence-corrected chi connectivity index (χ3v) is 1.18. The average molecular weight is 208 g/mol. The van der Waals surface area contributed by atoms with Crippen molar-refractivity contribution >= 4 is 18.6 Å². The Kier molecular flexibility index (Phi) is 18.1. The predicted molar refractivity (Wildman–Crippen MR) is 38.5 cm³/mol. The minimum atomic E-state index is -0.576. The third-order valence-electron chi connectivity index (χ3n) is 0.786. The second-order valence-corrected chi connectivity index (χ2v) is 1.91. The van der Waals surface area contributed by atoms with Crippen LogP contribution in [0.4, 0.5) is 0 Å². The van der Waals surface area contributed by atoms with Gasteiger partial charge in [-0.15, -0.1) is 0 Å². The Balaban J connectivity index is -0.000000320. The smallest absolute Gasteiger partial charge is 1.00 e.